The Morgan fingerprint density at radius 2 is 1.56 bits per heavy atom. The van der Waals surface area contributed by atoms with Crippen LogP contribution in [0, 0.1) is 23.6 Å². The van der Waals surface area contributed by atoms with Crippen LogP contribution in [0.15, 0.2) is 36.5 Å². The van der Waals surface area contributed by atoms with Crippen molar-refractivity contribution in [2.24, 2.45) is 11.8 Å². The van der Waals surface area contributed by atoms with Gasteiger partial charge in [0.2, 0.25) is 5.95 Å². The van der Waals surface area contributed by atoms with Crippen LogP contribution in [0.5, 0.6) is 0 Å². The van der Waals surface area contributed by atoms with Crippen LogP contribution in [0.1, 0.15) is 70.3 Å². The molecular weight excluding hydrogens is 340 g/mol. The minimum atomic E-state index is -1.05. The Hall–Kier alpha value is -1.77. The zero-order valence-electron chi connectivity index (χ0n) is 16.4. The summed E-state index contributed by atoms with van der Waals surface area (Å²) in [6.07, 6.45) is 14.9. The summed E-state index contributed by atoms with van der Waals surface area (Å²) in [5.74, 6) is -0.114. The van der Waals surface area contributed by atoms with Gasteiger partial charge in [-0.3, -0.25) is 0 Å². The van der Waals surface area contributed by atoms with Crippen LogP contribution in [0.25, 0.3) is 11.1 Å². The molecule has 3 rings (SSSR count). The van der Waals surface area contributed by atoms with Crippen LogP contribution in [0.4, 0.5) is 8.78 Å². The highest BCUT2D eigenvalue weighted by molar-refractivity contribution is 5.62. The molecule has 1 saturated carbocycles. The van der Waals surface area contributed by atoms with Crippen LogP contribution < -0.4 is 0 Å². The van der Waals surface area contributed by atoms with Gasteiger partial charge in [-0.05, 0) is 41.9 Å². The van der Waals surface area contributed by atoms with Crippen molar-refractivity contribution in [3.05, 3.63) is 53.9 Å². The van der Waals surface area contributed by atoms with Crippen molar-refractivity contribution in [3.8, 4) is 11.1 Å². The third-order valence-electron chi connectivity index (χ3n) is 6.11. The van der Waals surface area contributed by atoms with Crippen molar-refractivity contribution in [2.45, 2.75) is 71.1 Å². The summed E-state index contributed by atoms with van der Waals surface area (Å²) in [6.45, 7) is 2.28. The maximum absolute atomic E-state index is 13.3. The SMILES string of the molecule is CCCCCC1CCC(CCc2ccc(-c3cnc(F)c(F)c3)cc2)CC1. The number of nitrogens with zero attached hydrogens (tertiary/aromatic N) is 1. The first-order valence-electron chi connectivity index (χ1n) is 10.6. The van der Waals surface area contributed by atoms with E-state index < -0.39 is 11.8 Å². The van der Waals surface area contributed by atoms with Gasteiger partial charge in [0.05, 0.1) is 0 Å². The molecule has 1 aromatic heterocycles. The van der Waals surface area contributed by atoms with E-state index in [9.17, 15) is 8.78 Å². The number of halogens is 2. The van der Waals surface area contributed by atoms with E-state index in [1.165, 1.54) is 75.6 Å². The molecule has 0 bridgehead atoms. The highest BCUT2D eigenvalue weighted by Gasteiger charge is 2.20. The van der Waals surface area contributed by atoms with Crippen molar-refractivity contribution in [3.63, 3.8) is 0 Å². The lowest BCUT2D eigenvalue weighted by Crippen LogP contribution is -2.15. The Balaban J connectivity index is 1.45. The van der Waals surface area contributed by atoms with Crippen LogP contribution in [0.2, 0.25) is 0 Å². The first-order chi connectivity index (χ1) is 13.2. The van der Waals surface area contributed by atoms with E-state index in [4.69, 9.17) is 0 Å². The lowest BCUT2D eigenvalue weighted by molar-refractivity contribution is 0.249. The number of pyridine rings is 1. The van der Waals surface area contributed by atoms with Crippen molar-refractivity contribution in [1.29, 1.82) is 0 Å². The van der Waals surface area contributed by atoms with Gasteiger partial charge in [-0.2, -0.15) is 4.39 Å². The van der Waals surface area contributed by atoms with Gasteiger partial charge in [0, 0.05) is 11.8 Å². The monoisotopic (exact) mass is 371 g/mol. The minimum Gasteiger partial charge on any atom is -0.225 e. The lowest BCUT2D eigenvalue weighted by atomic mass is 9.78. The second-order valence-corrected chi connectivity index (χ2v) is 8.11. The molecule has 1 heterocycles. The summed E-state index contributed by atoms with van der Waals surface area (Å²) in [5, 5.41) is 0. The predicted molar refractivity (Wildman–Crippen MR) is 108 cm³/mol. The average Bonchev–Trinajstić information content (AvgIpc) is 2.70. The summed E-state index contributed by atoms with van der Waals surface area (Å²) < 4.78 is 26.3. The predicted octanol–water partition coefficient (Wildman–Crippen LogP) is 7.35. The molecule has 0 aliphatic heterocycles. The molecule has 1 aliphatic rings. The number of benzene rings is 1. The molecule has 27 heavy (non-hydrogen) atoms. The summed E-state index contributed by atoms with van der Waals surface area (Å²) in [5.41, 5.74) is 2.80. The second kappa shape index (κ2) is 9.96. The van der Waals surface area contributed by atoms with E-state index in [0.29, 0.717) is 5.56 Å². The fourth-order valence-corrected chi connectivity index (χ4v) is 4.31. The standard InChI is InChI=1S/C24H31F2N/c1-2-3-4-5-18-6-8-19(9-7-18)10-11-20-12-14-21(15-13-20)22-16-23(25)24(26)27-17-22/h12-19H,2-11H2,1H3. The molecule has 0 unspecified atom stereocenters. The fraction of sp³-hybridized carbons (Fsp3) is 0.542. The van der Waals surface area contributed by atoms with Crippen LogP contribution in [-0.2, 0) is 6.42 Å². The third kappa shape index (κ3) is 5.85. The molecule has 0 N–H and O–H groups in total. The van der Waals surface area contributed by atoms with E-state index in [1.807, 2.05) is 12.1 Å². The molecule has 1 aromatic carbocycles. The van der Waals surface area contributed by atoms with Gasteiger partial charge in [-0.25, -0.2) is 9.37 Å². The molecule has 1 nitrogen and oxygen atoms in total. The molecule has 146 valence electrons. The van der Waals surface area contributed by atoms with Gasteiger partial charge < -0.3 is 0 Å². The third-order valence-corrected chi connectivity index (χ3v) is 6.11. The minimum absolute atomic E-state index is 0.613. The first-order valence-corrected chi connectivity index (χ1v) is 10.6. The highest BCUT2D eigenvalue weighted by atomic mass is 19.2. The largest absolute Gasteiger partial charge is 0.248 e. The number of unbranched alkanes of at least 4 members (excludes halogenated alkanes) is 2. The van der Waals surface area contributed by atoms with Gasteiger partial charge >= 0.3 is 0 Å². The van der Waals surface area contributed by atoms with E-state index in [-0.39, 0.29) is 0 Å². The normalized spacial score (nSPS) is 20.0. The summed E-state index contributed by atoms with van der Waals surface area (Å²) in [6, 6.07) is 9.37. The van der Waals surface area contributed by atoms with Gasteiger partial charge in [-0.15, -0.1) is 0 Å². The molecule has 1 aliphatic carbocycles. The maximum atomic E-state index is 13.3. The second-order valence-electron chi connectivity index (χ2n) is 8.11. The Morgan fingerprint density at radius 3 is 2.19 bits per heavy atom. The number of hydrogen-bond acceptors (Lipinski definition) is 1. The Kier molecular flexibility index (Phi) is 7.37. The Bertz CT molecular complexity index is 703. The summed E-state index contributed by atoms with van der Waals surface area (Å²) in [7, 11) is 0. The molecule has 2 aromatic rings. The summed E-state index contributed by atoms with van der Waals surface area (Å²) >= 11 is 0. The van der Waals surface area contributed by atoms with Crippen molar-refractivity contribution in [2.75, 3.05) is 0 Å². The topological polar surface area (TPSA) is 12.9 Å². The Labute approximate surface area is 162 Å². The zero-order valence-corrected chi connectivity index (χ0v) is 16.4. The maximum Gasteiger partial charge on any atom is 0.248 e. The van der Waals surface area contributed by atoms with E-state index in [1.54, 1.807) is 0 Å². The van der Waals surface area contributed by atoms with Gasteiger partial charge in [0.1, 0.15) is 0 Å². The van der Waals surface area contributed by atoms with Crippen LogP contribution >= 0.6 is 0 Å². The van der Waals surface area contributed by atoms with Crippen molar-refractivity contribution >= 4 is 0 Å². The zero-order chi connectivity index (χ0) is 19.1. The highest BCUT2D eigenvalue weighted by Crippen LogP contribution is 2.34. The quantitative estimate of drug-likeness (QED) is 0.349. The average molecular weight is 372 g/mol. The molecule has 1 fully saturated rings. The first kappa shape index (κ1) is 20.0. The number of rotatable bonds is 8. The van der Waals surface area contributed by atoms with Crippen molar-refractivity contribution in [1.82, 2.24) is 4.98 Å². The fourth-order valence-electron chi connectivity index (χ4n) is 4.31. The molecule has 0 saturated heterocycles. The van der Waals surface area contributed by atoms with Crippen molar-refractivity contribution < 1.29 is 8.78 Å². The smallest absolute Gasteiger partial charge is 0.225 e. The molecule has 0 radical (unpaired) electrons. The molecule has 0 spiro atoms. The molecule has 0 amide bonds. The van der Waals surface area contributed by atoms with Gasteiger partial charge in [-0.1, -0.05) is 82.6 Å². The van der Waals surface area contributed by atoms with E-state index in [0.717, 1.165) is 23.8 Å². The van der Waals surface area contributed by atoms with E-state index in [2.05, 4.69) is 24.0 Å². The van der Waals surface area contributed by atoms with E-state index >= 15 is 0 Å². The van der Waals surface area contributed by atoms with Crippen LogP contribution in [0.3, 0.4) is 0 Å². The molecule has 0 atom stereocenters. The molecule has 3 heteroatoms. The van der Waals surface area contributed by atoms with Gasteiger partial charge in [0.15, 0.2) is 5.82 Å². The Morgan fingerprint density at radius 1 is 0.889 bits per heavy atom. The van der Waals surface area contributed by atoms with Gasteiger partial charge in [0.25, 0.3) is 0 Å². The summed E-state index contributed by atoms with van der Waals surface area (Å²) in [4.78, 5) is 3.46. The lowest BCUT2D eigenvalue weighted by Gasteiger charge is -2.28. The molecular formula is C24H31F2N. The van der Waals surface area contributed by atoms with Crippen LogP contribution in [-0.4, -0.2) is 4.98 Å². The number of hydrogen-bond donors (Lipinski definition) is 0. The number of aromatic nitrogens is 1. The number of aryl methyl sites for hydroxylation is 1.